The van der Waals surface area contributed by atoms with Crippen molar-refractivity contribution in [2.24, 2.45) is 23.7 Å². The first-order valence-electron chi connectivity index (χ1n) is 10.5. The van der Waals surface area contributed by atoms with Crippen molar-refractivity contribution in [3.8, 4) is 23.7 Å². The number of allylic oxidation sites excluding steroid dienone is 2. The second kappa shape index (κ2) is 11.4. The third-order valence-corrected chi connectivity index (χ3v) is 5.91. The zero-order valence-corrected chi connectivity index (χ0v) is 15.9. The van der Waals surface area contributed by atoms with Crippen molar-refractivity contribution in [3.05, 3.63) is 12.2 Å². The van der Waals surface area contributed by atoms with Crippen LogP contribution in [0.5, 0.6) is 0 Å². The van der Waals surface area contributed by atoms with Gasteiger partial charge in [0.15, 0.2) is 0 Å². The van der Waals surface area contributed by atoms with Gasteiger partial charge in [-0.25, -0.2) is 0 Å². The molecular formula is C24H36. The SMILES string of the molecule is CCCC1CCC(C#C/C=C/C#CC2CCC(CCC)CC2)CC1. The van der Waals surface area contributed by atoms with Gasteiger partial charge in [0.1, 0.15) is 0 Å². The summed E-state index contributed by atoms with van der Waals surface area (Å²) in [5, 5.41) is 0. The van der Waals surface area contributed by atoms with Gasteiger partial charge in [0, 0.05) is 11.8 Å². The minimum Gasteiger partial charge on any atom is -0.0951 e. The van der Waals surface area contributed by atoms with Crippen LogP contribution in [-0.2, 0) is 0 Å². The van der Waals surface area contributed by atoms with E-state index in [2.05, 4.69) is 37.5 Å². The molecule has 2 aliphatic rings. The molecule has 2 saturated carbocycles. The van der Waals surface area contributed by atoms with Crippen molar-refractivity contribution in [2.45, 2.75) is 90.9 Å². The Kier molecular flexibility index (Phi) is 9.13. The topological polar surface area (TPSA) is 0 Å². The predicted octanol–water partition coefficient (Wildman–Crippen LogP) is 6.76. The molecule has 0 N–H and O–H groups in total. The van der Waals surface area contributed by atoms with Crippen LogP contribution in [0.4, 0.5) is 0 Å². The third-order valence-electron chi connectivity index (χ3n) is 5.91. The highest BCUT2D eigenvalue weighted by Gasteiger charge is 2.19. The first-order valence-corrected chi connectivity index (χ1v) is 10.5. The van der Waals surface area contributed by atoms with Gasteiger partial charge in [-0.2, -0.15) is 0 Å². The van der Waals surface area contributed by atoms with Gasteiger partial charge >= 0.3 is 0 Å². The predicted molar refractivity (Wildman–Crippen MR) is 105 cm³/mol. The van der Waals surface area contributed by atoms with Crippen LogP contribution in [0.3, 0.4) is 0 Å². The average Bonchev–Trinajstić information content (AvgIpc) is 2.61. The van der Waals surface area contributed by atoms with E-state index in [1.807, 2.05) is 12.2 Å². The van der Waals surface area contributed by atoms with E-state index in [1.165, 1.54) is 77.0 Å². The first kappa shape index (κ1) is 19.2. The summed E-state index contributed by atoms with van der Waals surface area (Å²) < 4.78 is 0. The lowest BCUT2D eigenvalue weighted by atomic mass is 9.80. The maximum Gasteiger partial charge on any atom is 0.0206 e. The lowest BCUT2D eigenvalue weighted by molar-refractivity contribution is 0.300. The molecule has 24 heavy (non-hydrogen) atoms. The van der Waals surface area contributed by atoms with Crippen LogP contribution < -0.4 is 0 Å². The Morgan fingerprint density at radius 1 is 0.625 bits per heavy atom. The van der Waals surface area contributed by atoms with E-state index in [4.69, 9.17) is 0 Å². The zero-order chi connectivity index (χ0) is 17.0. The fourth-order valence-electron chi connectivity index (χ4n) is 4.42. The number of rotatable bonds is 4. The van der Waals surface area contributed by atoms with E-state index in [9.17, 15) is 0 Å². The Bertz CT molecular complexity index is 428. The van der Waals surface area contributed by atoms with Gasteiger partial charge in [-0.15, -0.1) is 0 Å². The zero-order valence-electron chi connectivity index (χ0n) is 15.9. The largest absolute Gasteiger partial charge is 0.0951 e. The summed E-state index contributed by atoms with van der Waals surface area (Å²) in [5.74, 6) is 16.5. The van der Waals surface area contributed by atoms with Gasteiger partial charge in [-0.3, -0.25) is 0 Å². The van der Waals surface area contributed by atoms with Gasteiger partial charge in [0.05, 0.1) is 0 Å². The van der Waals surface area contributed by atoms with Gasteiger partial charge in [0.2, 0.25) is 0 Å². The molecule has 2 fully saturated rings. The highest BCUT2D eigenvalue weighted by Crippen LogP contribution is 2.31. The van der Waals surface area contributed by atoms with Crippen molar-refractivity contribution < 1.29 is 0 Å². The summed E-state index contributed by atoms with van der Waals surface area (Å²) >= 11 is 0. The maximum absolute atomic E-state index is 3.44. The maximum atomic E-state index is 3.44. The molecule has 132 valence electrons. The molecule has 0 nitrogen and oxygen atoms in total. The molecule has 0 radical (unpaired) electrons. The summed E-state index contributed by atoms with van der Waals surface area (Å²) in [6.07, 6.45) is 20.2. The van der Waals surface area contributed by atoms with Crippen molar-refractivity contribution in [2.75, 3.05) is 0 Å². The summed E-state index contributed by atoms with van der Waals surface area (Å²) in [6, 6.07) is 0. The van der Waals surface area contributed by atoms with E-state index in [0.717, 1.165) is 11.8 Å². The second-order valence-electron chi connectivity index (χ2n) is 7.92. The summed E-state index contributed by atoms with van der Waals surface area (Å²) in [7, 11) is 0. The molecule has 0 aliphatic heterocycles. The highest BCUT2D eigenvalue weighted by molar-refractivity contribution is 5.26. The van der Waals surface area contributed by atoms with Crippen LogP contribution in [0.2, 0.25) is 0 Å². The number of hydrogen-bond donors (Lipinski definition) is 0. The van der Waals surface area contributed by atoms with Crippen LogP contribution in [-0.4, -0.2) is 0 Å². The van der Waals surface area contributed by atoms with Crippen LogP contribution in [0.25, 0.3) is 0 Å². The normalized spacial score (nSPS) is 30.2. The van der Waals surface area contributed by atoms with E-state index in [1.54, 1.807) is 0 Å². The standard InChI is InChI=1S/C24H36/c1-3-9-21-13-17-23(18-14-21)11-7-5-6-8-12-24-19-15-22(10-4-2)16-20-24/h5-6,21-24H,3-4,9-10,13-20H2,1-2H3/b6-5+. The van der Waals surface area contributed by atoms with Crippen molar-refractivity contribution in [3.63, 3.8) is 0 Å². The van der Waals surface area contributed by atoms with Crippen LogP contribution in [0, 0.1) is 47.4 Å². The molecule has 0 saturated heterocycles. The summed E-state index contributed by atoms with van der Waals surface area (Å²) in [5.41, 5.74) is 0. The molecule has 0 amide bonds. The van der Waals surface area contributed by atoms with Gasteiger partial charge in [-0.1, -0.05) is 63.2 Å². The molecule has 0 bridgehead atoms. The monoisotopic (exact) mass is 324 g/mol. The lowest BCUT2D eigenvalue weighted by Crippen LogP contribution is -2.13. The fraction of sp³-hybridized carbons (Fsp3) is 0.750. The molecule has 0 unspecified atom stereocenters. The lowest BCUT2D eigenvalue weighted by Gasteiger charge is -2.25. The Balaban J connectivity index is 1.64. The molecule has 0 atom stereocenters. The first-order chi connectivity index (χ1) is 11.8. The molecular weight excluding hydrogens is 288 g/mol. The van der Waals surface area contributed by atoms with Crippen LogP contribution in [0.1, 0.15) is 90.9 Å². The Morgan fingerprint density at radius 3 is 1.33 bits per heavy atom. The Morgan fingerprint density at radius 2 is 1.00 bits per heavy atom. The molecule has 2 aliphatic carbocycles. The van der Waals surface area contributed by atoms with Crippen molar-refractivity contribution in [1.82, 2.24) is 0 Å². The number of hydrogen-bond acceptors (Lipinski definition) is 0. The molecule has 0 spiro atoms. The molecule has 2 rings (SSSR count). The minimum atomic E-state index is 0.629. The molecule has 0 heterocycles. The molecule has 0 aromatic rings. The third kappa shape index (κ3) is 7.18. The van der Waals surface area contributed by atoms with Crippen LogP contribution in [0.15, 0.2) is 12.2 Å². The Labute approximate surface area is 150 Å². The van der Waals surface area contributed by atoms with Crippen molar-refractivity contribution in [1.29, 1.82) is 0 Å². The smallest absolute Gasteiger partial charge is 0.0206 e. The average molecular weight is 325 g/mol. The van der Waals surface area contributed by atoms with E-state index < -0.39 is 0 Å². The highest BCUT2D eigenvalue weighted by atomic mass is 14.2. The second-order valence-corrected chi connectivity index (χ2v) is 7.92. The van der Waals surface area contributed by atoms with Gasteiger partial charge in [-0.05, 0) is 75.4 Å². The Hall–Kier alpha value is -1.14. The van der Waals surface area contributed by atoms with Gasteiger partial charge < -0.3 is 0 Å². The quantitative estimate of drug-likeness (QED) is 0.501. The fourth-order valence-corrected chi connectivity index (χ4v) is 4.42. The summed E-state index contributed by atoms with van der Waals surface area (Å²) in [6.45, 7) is 4.60. The van der Waals surface area contributed by atoms with Crippen LogP contribution >= 0.6 is 0 Å². The van der Waals surface area contributed by atoms with E-state index in [0.29, 0.717) is 11.8 Å². The molecule has 0 heteroatoms. The van der Waals surface area contributed by atoms with E-state index >= 15 is 0 Å². The minimum absolute atomic E-state index is 0.629. The molecule has 0 aromatic carbocycles. The summed E-state index contributed by atoms with van der Waals surface area (Å²) in [4.78, 5) is 0. The van der Waals surface area contributed by atoms with Crippen molar-refractivity contribution >= 4 is 0 Å². The molecule has 0 aromatic heterocycles. The van der Waals surface area contributed by atoms with E-state index in [-0.39, 0.29) is 0 Å². The van der Waals surface area contributed by atoms with Gasteiger partial charge in [0.25, 0.3) is 0 Å².